The molecule has 0 atom stereocenters. The molecule has 0 aliphatic rings. The molecule has 2 aromatic heterocycles. The Morgan fingerprint density at radius 1 is 1.19 bits per heavy atom. The van der Waals surface area contributed by atoms with Gasteiger partial charge in [0.25, 0.3) is 11.8 Å². The summed E-state index contributed by atoms with van der Waals surface area (Å²) in [6, 6.07) is 3.55. The van der Waals surface area contributed by atoms with E-state index in [1.807, 2.05) is 0 Å². The van der Waals surface area contributed by atoms with Crippen LogP contribution in [0.4, 0.5) is 18.9 Å². The average molecular weight is 380 g/mol. The summed E-state index contributed by atoms with van der Waals surface area (Å²) in [7, 11) is 0. The quantitative estimate of drug-likeness (QED) is 0.717. The van der Waals surface area contributed by atoms with Gasteiger partial charge in [0.15, 0.2) is 10.8 Å². The monoisotopic (exact) mass is 380 g/mol. The van der Waals surface area contributed by atoms with Crippen molar-refractivity contribution in [2.24, 2.45) is 0 Å². The van der Waals surface area contributed by atoms with Crippen LogP contribution in [0.15, 0.2) is 42.3 Å². The number of anilines is 1. The predicted molar refractivity (Wildman–Crippen MR) is 88.1 cm³/mol. The topological polar surface area (TPSA) is 77.0 Å². The molecule has 0 aliphatic heterocycles. The zero-order valence-corrected chi connectivity index (χ0v) is 14.1. The van der Waals surface area contributed by atoms with Gasteiger partial charge in [-0.25, -0.2) is 19.3 Å². The molecule has 134 valence electrons. The summed E-state index contributed by atoms with van der Waals surface area (Å²) in [6.45, 7) is 0.691. The highest BCUT2D eigenvalue weighted by atomic mass is 32.1. The summed E-state index contributed by atoms with van der Waals surface area (Å²) < 4.78 is 45.6. The molecule has 0 spiro atoms. The smallest absolute Gasteiger partial charge is 0.296 e. The lowest BCUT2D eigenvalue weighted by Crippen LogP contribution is -2.14. The minimum atomic E-state index is -3.14. The third-order valence-corrected chi connectivity index (χ3v) is 4.03. The normalized spacial score (nSPS) is 11.2. The van der Waals surface area contributed by atoms with Crippen molar-refractivity contribution in [3.63, 3.8) is 0 Å². The minimum Gasteiger partial charge on any atom is -0.454 e. The van der Waals surface area contributed by atoms with Gasteiger partial charge in [-0.05, 0) is 6.07 Å². The number of rotatable bonds is 5. The molecule has 1 aromatic carbocycles. The molecular weight excluding hydrogens is 369 g/mol. The van der Waals surface area contributed by atoms with Crippen molar-refractivity contribution in [1.29, 1.82) is 0 Å². The Labute approximate surface area is 149 Å². The highest BCUT2D eigenvalue weighted by Crippen LogP contribution is 2.30. The minimum absolute atomic E-state index is 0.0830. The van der Waals surface area contributed by atoms with Gasteiger partial charge in [0.1, 0.15) is 23.6 Å². The van der Waals surface area contributed by atoms with Crippen molar-refractivity contribution in [2.75, 3.05) is 5.32 Å². The molecular formula is C16H11F3N4O2S. The third-order valence-electron chi connectivity index (χ3n) is 3.01. The Kier molecular flexibility index (Phi) is 4.85. The van der Waals surface area contributed by atoms with Crippen LogP contribution in [-0.4, -0.2) is 20.9 Å². The van der Waals surface area contributed by atoms with E-state index >= 15 is 0 Å². The van der Waals surface area contributed by atoms with Crippen molar-refractivity contribution in [3.05, 3.63) is 58.8 Å². The molecule has 0 saturated carbocycles. The molecule has 0 bridgehead atoms. The first-order valence-electron chi connectivity index (χ1n) is 7.20. The second-order valence-electron chi connectivity index (χ2n) is 5.23. The number of benzene rings is 1. The van der Waals surface area contributed by atoms with E-state index in [9.17, 15) is 18.0 Å². The lowest BCUT2D eigenvalue weighted by atomic mass is 10.2. The number of hydrogen-bond donors (Lipinski definition) is 1. The maximum atomic E-state index is 13.8. The molecule has 1 amide bonds. The van der Waals surface area contributed by atoms with Crippen LogP contribution in [0.25, 0.3) is 0 Å². The summed E-state index contributed by atoms with van der Waals surface area (Å²) in [4.78, 5) is 23.3. The first kappa shape index (κ1) is 17.8. The van der Waals surface area contributed by atoms with Crippen LogP contribution in [0.2, 0.25) is 0 Å². The van der Waals surface area contributed by atoms with Gasteiger partial charge >= 0.3 is 0 Å². The molecule has 0 saturated heterocycles. The summed E-state index contributed by atoms with van der Waals surface area (Å²) in [5.41, 5.74) is -0.102. The SMILES string of the molecule is CC(F)(F)c1nc(C(=O)Nc2cc(F)cc(Oc3cncnc3)c2)cs1. The Hall–Kier alpha value is -3.01. The van der Waals surface area contributed by atoms with E-state index in [-0.39, 0.29) is 22.9 Å². The molecule has 3 rings (SSSR count). The van der Waals surface area contributed by atoms with Crippen molar-refractivity contribution in [1.82, 2.24) is 15.0 Å². The first-order valence-corrected chi connectivity index (χ1v) is 8.08. The fourth-order valence-corrected chi connectivity index (χ4v) is 2.68. The van der Waals surface area contributed by atoms with Gasteiger partial charge in [-0.15, -0.1) is 11.3 Å². The largest absolute Gasteiger partial charge is 0.454 e. The van der Waals surface area contributed by atoms with E-state index in [1.54, 1.807) is 0 Å². The fraction of sp³-hybridized carbons (Fsp3) is 0.125. The Balaban J connectivity index is 1.77. The Morgan fingerprint density at radius 3 is 2.58 bits per heavy atom. The van der Waals surface area contributed by atoms with Gasteiger partial charge in [0.2, 0.25) is 0 Å². The van der Waals surface area contributed by atoms with Crippen molar-refractivity contribution < 1.29 is 22.7 Å². The number of thiazole rings is 1. The van der Waals surface area contributed by atoms with Gasteiger partial charge in [-0.1, -0.05) is 0 Å². The highest BCUT2D eigenvalue weighted by Gasteiger charge is 2.29. The molecule has 26 heavy (non-hydrogen) atoms. The fourth-order valence-electron chi connectivity index (χ4n) is 1.94. The number of carbonyl (C=O) groups excluding carboxylic acids is 1. The van der Waals surface area contributed by atoms with Gasteiger partial charge in [0.05, 0.1) is 12.4 Å². The van der Waals surface area contributed by atoms with Gasteiger partial charge in [0, 0.05) is 30.1 Å². The summed E-state index contributed by atoms with van der Waals surface area (Å²) >= 11 is 0.669. The number of halogens is 3. The van der Waals surface area contributed by atoms with E-state index in [2.05, 4.69) is 20.3 Å². The van der Waals surface area contributed by atoms with E-state index < -0.39 is 22.7 Å². The van der Waals surface area contributed by atoms with Crippen molar-refractivity contribution in [3.8, 4) is 11.5 Å². The van der Waals surface area contributed by atoms with Crippen LogP contribution >= 0.6 is 11.3 Å². The summed E-state index contributed by atoms with van der Waals surface area (Å²) in [5.74, 6) is -4.15. The zero-order valence-electron chi connectivity index (χ0n) is 13.2. The number of ether oxygens (including phenoxy) is 1. The van der Waals surface area contributed by atoms with Crippen molar-refractivity contribution >= 4 is 22.9 Å². The maximum absolute atomic E-state index is 13.8. The predicted octanol–water partition coefficient (Wildman–Crippen LogP) is 4.23. The third kappa shape index (κ3) is 4.33. The number of aromatic nitrogens is 3. The molecule has 0 unspecified atom stereocenters. The number of amides is 1. The second kappa shape index (κ2) is 7.08. The number of hydrogen-bond acceptors (Lipinski definition) is 6. The number of nitrogens with one attached hydrogen (secondary N) is 1. The van der Waals surface area contributed by atoms with E-state index in [1.165, 1.54) is 30.2 Å². The van der Waals surface area contributed by atoms with E-state index in [0.717, 1.165) is 12.1 Å². The summed E-state index contributed by atoms with van der Waals surface area (Å²) in [5, 5.41) is 3.13. The van der Waals surface area contributed by atoms with Crippen LogP contribution in [0.1, 0.15) is 22.4 Å². The molecule has 0 fully saturated rings. The molecule has 2 heterocycles. The Bertz CT molecular complexity index is 929. The van der Waals surface area contributed by atoms with Crippen LogP contribution in [-0.2, 0) is 5.92 Å². The van der Waals surface area contributed by atoms with Gasteiger partial charge in [-0.2, -0.15) is 8.78 Å². The molecule has 3 aromatic rings. The second-order valence-corrected chi connectivity index (χ2v) is 6.09. The number of alkyl halides is 2. The average Bonchev–Trinajstić information content (AvgIpc) is 3.05. The van der Waals surface area contributed by atoms with Crippen LogP contribution in [0.5, 0.6) is 11.5 Å². The van der Waals surface area contributed by atoms with Crippen molar-refractivity contribution in [2.45, 2.75) is 12.8 Å². The molecule has 6 nitrogen and oxygen atoms in total. The lowest BCUT2D eigenvalue weighted by Gasteiger charge is -2.08. The van der Waals surface area contributed by atoms with Crippen LogP contribution < -0.4 is 10.1 Å². The van der Waals surface area contributed by atoms with Gasteiger partial charge < -0.3 is 10.1 Å². The number of carbonyl (C=O) groups is 1. The van der Waals surface area contributed by atoms with E-state index in [4.69, 9.17) is 4.74 Å². The molecule has 0 aliphatic carbocycles. The van der Waals surface area contributed by atoms with Crippen LogP contribution in [0, 0.1) is 5.82 Å². The summed E-state index contributed by atoms with van der Waals surface area (Å²) in [6.07, 6.45) is 4.09. The standard InChI is InChI=1S/C16H11F3N4O2S/c1-16(18,19)15-23-13(7-26-15)14(24)22-10-2-9(17)3-11(4-10)25-12-5-20-8-21-6-12/h2-8H,1H3,(H,22,24). The van der Waals surface area contributed by atoms with Gasteiger partial charge in [-0.3, -0.25) is 4.79 Å². The molecule has 0 radical (unpaired) electrons. The zero-order chi connectivity index (χ0) is 18.7. The molecule has 10 heteroatoms. The maximum Gasteiger partial charge on any atom is 0.296 e. The number of nitrogens with zero attached hydrogens (tertiary/aromatic N) is 3. The highest BCUT2D eigenvalue weighted by molar-refractivity contribution is 7.10. The Morgan fingerprint density at radius 2 is 1.92 bits per heavy atom. The van der Waals surface area contributed by atoms with Crippen LogP contribution in [0.3, 0.4) is 0 Å². The lowest BCUT2D eigenvalue weighted by molar-refractivity contribution is 0.0171. The van der Waals surface area contributed by atoms with E-state index in [0.29, 0.717) is 18.3 Å². The molecule has 1 N–H and O–H groups in total. The first-order chi connectivity index (χ1) is 12.3.